The zero-order chi connectivity index (χ0) is 27.5. The Hall–Kier alpha value is -3.26. The van der Waals surface area contributed by atoms with Crippen molar-refractivity contribution in [3.63, 3.8) is 0 Å². The summed E-state index contributed by atoms with van der Waals surface area (Å²) in [6, 6.07) is 3.09. The molecular formula is C21H12B4F4N4O2S. The summed E-state index contributed by atoms with van der Waals surface area (Å²) < 4.78 is 56.2. The van der Waals surface area contributed by atoms with E-state index in [0.29, 0.717) is 4.90 Å². The van der Waals surface area contributed by atoms with Crippen LogP contribution in [0.1, 0.15) is 35.3 Å². The molecule has 0 unspecified atom stereocenters. The summed E-state index contributed by atoms with van der Waals surface area (Å²) >= 11 is 5.40. The van der Waals surface area contributed by atoms with Crippen LogP contribution in [-0.4, -0.2) is 60.9 Å². The lowest BCUT2D eigenvalue weighted by Crippen LogP contribution is -2.49. The molecular weight excluding hydrogens is 492 g/mol. The molecule has 1 aliphatic heterocycles. The molecule has 2 aromatic carbocycles. The Morgan fingerprint density at radius 3 is 2.17 bits per heavy atom. The number of halogens is 4. The third kappa shape index (κ3) is 3.97. The van der Waals surface area contributed by atoms with Crippen LogP contribution in [0.5, 0.6) is 0 Å². The molecule has 2 aromatic rings. The second kappa shape index (κ2) is 9.00. The molecule has 0 saturated carbocycles. The number of amides is 2. The molecule has 6 nitrogen and oxygen atoms in total. The number of anilines is 2. The highest BCUT2D eigenvalue weighted by Gasteiger charge is 2.52. The molecule has 1 aliphatic rings. The molecule has 15 heteroatoms. The number of hydrogen-bond acceptors (Lipinski definition) is 4. The maximum Gasteiger partial charge on any atom is 0.417 e. The van der Waals surface area contributed by atoms with Crippen molar-refractivity contribution in [2.75, 3.05) is 16.8 Å². The maximum atomic E-state index is 15.0. The minimum Gasteiger partial charge on any atom is -0.355 e. The van der Waals surface area contributed by atoms with E-state index in [1.54, 1.807) is 0 Å². The van der Waals surface area contributed by atoms with E-state index in [-0.39, 0.29) is 11.2 Å². The lowest BCUT2D eigenvalue weighted by molar-refractivity contribution is -0.136. The molecule has 36 heavy (non-hydrogen) atoms. The monoisotopic (exact) mass is 504 g/mol. The van der Waals surface area contributed by atoms with E-state index < -0.39 is 73.2 Å². The number of nitriles is 1. The second-order valence-electron chi connectivity index (χ2n) is 8.25. The number of rotatable bonds is 3. The quantitative estimate of drug-likeness (QED) is 0.336. The van der Waals surface area contributed by atoms with E-state index in [4.69, 9.17) is 48.9 Å². The summed E-state index contributed by atoms with van der Waals surface area (Å²) in [5, 5.41) is 10.9. The fourth-order valence-corrected chi connectivity index (χ4v) is 4.46. The fraction of sp³-hybridized carbons (Fsp3) is 0.238. The number of nitrogens with one attached hydrogen (secondary N) is 1. The van der Waals surface area contributed by atoms with Crippen molar-refractivity contribution in [2.45, 2.75) is 25.6 Å². The largest absolute Gasteiger partial charge is 0.417 e. The van der Waals surface area contributed by atoms with Crippen molar-refractivity contribution in [3.8, 4) is 6.07 Å². The van der Waals surface area contributed by atoms with Crippen LogP contribution in [0.15, 0.2) is 12.1 Å². The molecule has 0 spiro atoms. The first kappa shape index (κ1) is 27.3. The van der Waals surface area contributed by atoms with Gasteiger partial charge in [0.1, 0.15) is 42.7 Å². The highest BCUT2D eigenvalue weighted by Crippen LogP contribution is 2.37. The molecule has 8 radical (unpaired) electrons. The predicted molar refractivity (Wildman–Crippen MR) is 134 cm³/mol. The van der Waals surface area contributed by atoms with E-state index in [0.717, 1.165) is 17.0 Å². The topological polar surface area (TPSA) is 76.4 Å². The van der Waals surface area contributed by atoms with Gasteiger partial charge in [-0.25, -0.2) is 4.39 Å². The van der Waals surface area contributed by atoms with Crippen molar-refractivity contribution >= 4 is 93.8 Å². The molecule has 2 amide bonds. The summed E-state index contributed by atoms with van der Waals surface area (Å²) in [6.07, 6.45) is -5.06. The first-order chi connectivity index (χ1) is 16.5. The van der Waals surface area contributed by atoms with Crippen molar-refractivity contribution in [2.24, 2.45) is 0 Å². The highest BCUT2D eigenvalue weighted by molar-refractivity contribution is 7.81. The predicted octanol–water partition coefficient (Wildman–Crippen LogP) is -0.832. The van der Waals surface area contributed by atoms with E-state index in [1.165, 1.54) is 27.0 Å². The minimum atomic E-state index is -5.06. The van der Waals surface area contributed by atoms with Gasteiger partial charge in [0.25, 0.3) is 11.8 Å². The summed E-state index contributed by atoms with van der Waals surface area (Å²) in [5.41, 5.74) is -7.70. The molecule has 0 aromatic heterocycles. The lowest BCUT2D eigenvalue weighted by Gasteiger charge is -2.33. The van der Waals surface area contributed by atoms with Crippen molar-refractivity contribution < 1.29 is 27.2 Å². The summed E-state index contributed by atoms with van der Waals surface area (Å²) in [4.78, 5) is 27.1. The minimum absolute atomic E-state index is 0.241. The van der Waals surface area contributed by atoms with Crippen LogP contribution in [0, 0.1) is 17.1 Å². The average molecular weight is 504 g/mol. The van der Waals surface area contributed by atoms with Crippen LogP contribution in [0.4, 0.5) is 28.9 Å². The number of thiocarbonyl (C=S) groups is 1. The lowest BCUT2D eigenvalue weighted by atomic mass is 9.78. The van der Waals surface area contributed by atoms with Crippen molar-refractivity contribution in [1.29, 1.82) is 5.26 Å². The van der Waals surface area contributed by atoms with Gasteiger partial charge in [0.2, 0.25) is 0 Å². The van der Waals surface area contributed by atoms with Gasteiger partial charge in [0, 0.05) is 18.4 Å². The molecule has 1 fully saturated rings. The molecule has 174 valence electrons. The smallest absolute Gasteiger partial charge is 0.355 e. The van der Waals surface area contributed by atoms with Crippen LogP contribution in [0.2, 0.25) is 0 Å². The number of nitrogens with zero attached hydrogens (tertiary/aromatic N) is 3. The van der Waals surface area contributed by atoms with Gasteiger partial charge >= 0.3 is 6.18 Å². The Morgan fingerprint density at radius 1 is 1.11 bits per heavy atom. The standard InChI is InChI=1S/C21H12B4F4N4O2S/c1-20(2)18(35)32(15-9(22)4-7(6-30)11(12(15)24)21(27,28)29)19(36)33(20)16-10(23)5-8(17(34)31-3)14(26)13(16)25/h4-5H,1-3H3,(H,31,34). The van der Waals surface area contributed by atoms with Crippen molar-refractivity contribution in [3.05, 3.63) is 34.6 Å². The van der Waals surface area contributed by atoms with E-state index >= 15 is 4.39 Å². The van der Waals surface area contributed by atoms with Gasteiger partial charge in [-0.2, -0.15) is 18.4 Å². The normalized spacial score (nSPS) is 15.3. The van der Waals surface area contributed by atoms with Gasteiger partial charge in [0.05, 0.1) is 22.8 Å². The SMILES string of the molecule is [B]c1cc(C#N)c(C(F)(F)F)c([B])c1N1C(=O)C(C)(C)N(c2c([B])cc(C(=O)NC)c(F)c2[B])C1=S. The Morgan fingerprint density at radius 2 is 1.67 bits per heavy atom. The fourth-order valence-electron chi connectivity index (χ4n) is 3.97. The average Bonchev–Trinajstić information content (AvgIpc) is 2.94. The molecule has 3 rings (SSSR count). The molecule has 1 saturated heterocycles. The summed E-state index contributed by atoms with van der Waals surface area (Å²) in [7, 11) is 25.0. The summed E-state index contributed by atoms with van der Waals surface area (Å²) in [5.74, 6) is -2.87. The van der Waals surface area contributed by atoms with E-state index in [1.807, 2.05) is 0 Å². The highest BCUT2D eigenvalue weighted by atomic mass is 32.1. The number of benzene rings is 2. The third-order valence-electron chi connectivity index (χ3n) is 5.66. The molecule has 0 atom stereocenters. The zero-order valence-electron chi connectivity index (χ0n) is 19.0. The van der Waals surface area contributed by atoms with Gasteiger partial charge in [-0.15, -0.1) is 0 Å². The number of hydrogen-bond donors (Lipinski definition) is 1. The van der Waals surface area contributed by atoms with Crippen LogP contribution in [-0.2, 0) is 11.0 Å². The number of alkyl halides is 3. The maximum absolute atomic E-state index is 15.0. The third-order valence-corrected chi connectivity index (χ3v) is 6.02. The Bertz CT molecular complexity index is 1390. The molecule has 1 N–H and O–H groups in total. The van der Waals surface area contributed by atoms with Gasteiger partial charge in [-0.1, -0.05) is 22.5 Å². The van der Waals surface area contributed by atoms with Crippen LogP contribution in [0.3, 0.4) is 0 Å². The van der Waals surface area contributed by atoms with Gasteiger partial charge < -0.3 is 10.2 Å². The molecule has 0 aliphatic carbocycles. The van der Waals surface area contributed by atoms with Crippen molar-refractivity contribution in [1.82, 2.24) is 5.32 Å². The first-order valence-electron chi connectivity index (χ1n) is 9.99. The number of carbonyl (C=O) groups is 2. The molecule has 0 bridgehead atoms. The summed E-state index contributed by atoms with van der Waals surface area (Å²) in [6.45, 7) is 2.68. The van der Waals surface area contributed by atoms with Crippen LogP contribution in [0.25, 0.3) is 0 Å². The Labute approximate surface area is 214 Å². The van der Waals surface area contributed by atoms with Gasteiger partial charge in [-0.3, -0.25) is 14.5 Å². The van der Waals surface area contributed by atoms with E-state index in [2.05, 4.69) is 5.32 Å². The molecule has 1 heterocycles. The Balaban J connectivity index is 2.30. The Kier molecular flexibility index (Phi) is 6.83. The first-order valence-corrected chi connectivity index (χ1v) is 10.4. The van der Waals surface area contributed by atoms with Gasteiger partial charge in [-0.05, 0) is 37.6 Å². The van der Waals surface area contributed by atoms with Crippen LogP contribution < -0.4 is 37.0 Å². The zero-order valence-corrected chi connectivity index (χ0v) is 19.9. The number of carbonyl (C=O) groups excluding carboxylic acids is 2. The van der Waals surface area contributed by atoms with Crippen LogP contribution >= 0.6 is 12.2 Å². The van der Waals surface area contributed by atoms with Gasteiger partial charge in [0.15, 0.2) is 5.11 Å². The van der Waals surface area contributed by atoms with E-state index in [9.17, 15) is 22.8 Å². The second-order valence-corrected chi connectivity index (χ2v) is 8.61.